The van der Waals surface area contributed by atoms with Gasteiger partial charge in [-0.1, -0.05) is 118 Å². The van der Waals surface area contributed by atoms with Gasteiger partial charge in [0.2, 0.25) is 0 Å². The normalized spacial score (nSPS) is 10.4. The molecule has 4 nitrogen and oxygen atoms in total. The van der Waals surface area contributed by atoms with Crippen molar-refractivity contribution in [2.24, 2.45) is 0 Å². The van der Waals surface area contributed by atoms with E-state index in [9.17, 15) is 0 Å². The lowest BCUT2D eigenvalue weighted by Gasteiger charge is -2.14. The number of fused-ring (bicyclic) bond motifs is 4. The summed E-state index contributed by atoms with van der Waals surface area (Å²) in [5.41, 5.74) is 5.54. The van der Waals surface area contributed by atoms with E-state index < -0.39 is 0 Å². The maximum absolute atomic E-state index is 2.99. The molecule has 6 aromatic rings. The van der Waals surface area contributed by atoms with Gasteiger partial charge in [-0.3, -0.25) is 14.7 Å². The van der Waals surface area contributed by atoms with Crippen LogP contribution in [-0.4, -0.2) is 77.4 Å². The molecule has 0 atom stereocenters. The molecule has 0 aromatic heterocycles. The third-order valence-electron chi connectivity index (χ3n) is 7.98. The zero-order valence-electron chi connectivity index (χ0n) is 31.5. The Morgan fingerprint density at radius 3 is 0.667 bits per heavy atom. The lowest BCUT2D eigenvalue weighted by atomic mass is 9.93. The van der Waals surface area contributed by atoms with E-state index in [-0.39, 0.29) is 7.43 Å². The average molecular weight is 649 g/mol. The molecule has 0 heterocycles. The number of hydrogen-bond acceptors (Lipinski definition) is 4. The van der Waals surface area contributed by atoms with E-state index in [0.29, 0.717) is 0 Å². The molecule has 6 rings (SSSR count). The Morgan fingerprint density at radius 1 is 0.396 bits per heavy atom. The van der Waals surface area contributed by atoms with Crippen molar-refractivity contribution in [2.45, 2.75) is 49.0 Å². The maximum atomic E-state index is 2.99. The van der Waals surface area contributed by atoms with Crippen LogP contribution < -0.4 is 5.32 Å². The minimum absolute atomic E-state index is 0. The van der Waals surface area contributed by atoms with Gasteiger partial charge >= 0.3 is 0 Å². The SMILES string of the molecule is C.CC.CN(C)CN(C)C.CNCN(C)C.Cc1c2ccccc2c(C)c2ccccc12.Cc1c2ccccc2c(C)c2ccccc12. The summed E-state index contributed by atoms with van der Waals surface area (Å²) >= 11 is 0. The van der Waals surface area contributed by atoms with Crippen LogP contribution in [0.4, 0.5) is 0 Å². The highest BCUT2D eigenvalue weighted by Gasteiger charge is 2.08. The van der Waals surface area contributed by atoms with Gasteiger partial charge in [0.15, 0.2) is 0 Å². The van der Waals surface area contributed by atoms with Gasteiger partial charge in [-0.15, -0.1) is 0 Å². The van der Waals surface area contributed by atoms with E-state index in [1.54, 1.807) is 0 Å². The van der Waals surface area contributed by atoms with Gasteiger partial charge in [0.1, 0.15) is 0 Å². The summed E-state index contributed by atoms with van der Waals surface area (Å²) in [7, 11) is 14.2. The molecule has 260 valence electrons. The molecule has 48 heavy (non-hydrogen) atoms. The van der Waals surface area contributed by atoms with Gasteiger partial charge in [0.25, 0.3) is 0 Å². The quantitative estimate of drug-likeness (QED) is 0.152. The van der Waals surface area contributed by atoms with Crippen LogP contribution in [0.15, 0.2) is 97.1 Å². The van der Waals surface area contributed by atoms with E-state index in [1.807, 2.05) is 35.0 Å². The second-order valence-corrected chi connectivity index (χ2v) is 12.6. The molecular weight excluding hydrogens is 585 g/mol. The van der Waals surface area contributed by atoms with Gasteiger partial charge in [-0.2, -0.15) is 0 Å². The van der Waals surface area contributed by atoms with E-state index in [1.165, 1.54) is 65.3 Å². The van der Waals surface area contributed by atoms with Crippen molar-refractivity contribution in [3.8, 4) is 0 Å². The fraction of sp³-hybridized carbons (Fsp3) is 0.364. The summed E-state index contributed by atoms with van der Waals surface area (Å²) in [6.07, 6.45) is 0. The summed E-state index contributed by atoms with van der Waals surface area (Å²) in [6, 6.07) is 34.6. The van der Waals surface area contributed by atoms with Crippen molar-refractivity contribution in [2.75, 3.05) is 62.7 Å². The first kappa shape index (κ1) is 42.2. The van der Waals surface area contributed by atoms with Crippen molar-refractivity contribution in [3.05, 3.63) is 119 Å². The van der Waals surface area contributed by atoms with Crippen LogP contribution in [0.1, 0.15) is 43.5 Å². The largest absolute Gasteiger partial charge is 0.307 e. The van der Waals surface area contributed by atoms with Gasteiger partial charge in [0.05, 0.1) is 0 Å². The topological polar surface area (TPSA) is 21.8 Å². The number of rotatable bonds is 4. The molecule has 0 aliphatic rings. The number of aryl methyl sites for hydroxylation is 4. The molecule has 0 fully saturated rings. The van der Waals surface area contributed by atoms with Crippen LogP contribution >= 0.6 is 0 Å². The predicted octanol–water partition coefficient (Wildman–Crippen LogP) is 10.7. The third-order valence-corrected chi connectivity index (χ3v) is 7.98. The molecule has 6 aromatic carbocycles. The van der Waals surface area contributed by atoms with Crippen LogP contribution in [0, 0.1) is 27.7 Å². The highest BCUT2D eigenvalue weighted by Crippen LogP contribution is 2.32. The Balaban J connectivity index is 0.000000339. The van der Waals surface area contributed by atoms with Crippen LogP contribution in [0.25, 0.3) is 43.1 Å². The molecule has 0 radical (unpaired) electrons. The van der Waals surface area contributed by atoms with Crippen molar-refractivity contribution in [1.29, 1.82) is 0 Å². The lowest BCUT2D eigenvalue weighted by Crippen LogP contribution is -2.26. The Morgan fingerprint density at radius 2 is 0.583 bits per heavy atom. The van der Waals surface area contributed by atoms with Gasteiger partial charge in [-0.25, -0.2) is 0 Å². The summed E-state index contributed by atoms with van der Waals surface area (Å²) in [5.74, 6) is 0. The van der Waals surface area contributed by atoms with Gasteiger partial charge in [-0.05, 0) is 142 Å². The molecule has 0 aliphatic carbocycles. The standard InChI is InChI=1S/2C16H14.C5H14N2.C4H12N2.C2H6.CH4/c2*1-11-13-7-3-5-9-15(13)12(2)16-10-6-4-8-14(11)16;1-6(2)5-7(3)4;1-5-4-6(2)3;1-2;/h2*3-10H,1-2H3;5H2,1-4H3;5H,4H2,1-3H3;1-2H3;1H4. The lowest BCUT2D eigenvalue weighted by molar-refractivity contribution is 0.245. The molecular formula is C44H64N4. The first-order chi connectivity index (χ1) is 22.5. The summed E-state index contributed by atoms with van der Waals surface area (Å²) in [6.45, 7) is 14.8. The Hall–Kier alpha value is -3.80. The summed E-state index contributed by atoms with van der Waals surface area (Å²) in [5, 5.41) is 14.0. The van der Waals surface area contributed by atoms with Crippen molar-refractivity contribution in [3.63, 3.8) is 0 Å². The van der Waals surface area contributed by atoms with E-state index in [2.05, 4.69) is 173 Å². The van der Waals surface area contributed by atoms with Crippen molar-refractivity contribution >= 4 is 43.1 Å². The van der Waals surface area contributed by atoms with Crippen LogP contribution in [0.2, 0.25) is 0 Å². The minimum atomic E-state index is 0. The molecule has 0 saturated carbocycles. The number of hydrogen-bond donors (Lipinski definition) is 1. The summed E-state index contributed by atoms with van der Waals surface area (Å²) < 4.78 is 0. The molecule has 0 unspecified atom stereocenters. The van der Waals surface area contributed by atoms with Gasteiger partial charge < -0.3 is 5.32 Å². The Bertz CT molecular complexity index is 1460. The number of nitrogens with zero attached hydrogens (tertiary/aromatic N) is 3. The molecule has 0 bridgehead atoms. The van der Waals surface area contributed by atoms with Crippen LogP contribution in [0.3, 0.4) is 0 Å². The first-order valence-electron chi connectivity index (χ1n) is 16.8. The number of benzene rings is 6. The van der Waals surface area contributed by atoms with E-state index in [0.717, 1.165) is 13.3 Å². The first-order valence-corrected chi connectivity index (χ1v) is 16.8. The Kier molecular flexibility index (Phi) is 18.7. The van der Waals surface area contributed by atoms with Crippen LogP contribution in [-0.2, 0) is 0 Å². The number of nitrogens with one attached hydrogen (secondary N) is 1. The summed E-state index contributed by atoms with van der Waals surface area (Å²) in [4.78, 5) is 6.32. The second-order valence-electron chi connectivity index (χ2n) is 12.6. The fourth-order valence-electron chi connectivity index (χ4n) is 6.01. The second kappa shape index (κ2) is 21.2. The van der Waals surface area contributed by atoms with Crippen molar-refractivity contribution in [1.82, 2.24) is 20.0 Å². The molecule has 0 aliphatic heterocycles. The molecule has 0 amide bonds. The highest BCUT2D eigenvalue weighted by atomic mass is 15.2. The molecule has 4 heteroatoms. The zero-order valence-corrected chi connectivity index (χ0v) is 31.5. The fourth-order valence-corrected chi connectivity index (χ4v) is 6.01. The Labute approximate surface area is 293 Å². The van der Waals surface area contributed by atoms with E-state index in [4.69, 9.17) is 0 Å². The van der Waals surface area contributed by atoms with Crippen molar-refractivity contribution < 1.29 is 0 Å². The van der Waals surface area contributed by atoms with Crippen LogP contribution in [0.5, 0.6) is 0 Å². The zero-order chi connectivity index (χ0) is 35.1. The minimum Gasteiger partial charge on any atom is -0.307 e. The maximum Gasteiger partial charge on any atom is 0.0495 e. The monoisotopic (exact) mass is 649 g/mol. The predicted molar refractivity (Wildman–Crippen MR) is 220 cm³/mol. The smallest absolute Gasteiger partial charge is 0.0495 e. The third kappa shape index (κ3) is 11.4. The molecule has 1 N–H and O–H groups in total. The van der Waals surface area contributed by atoms with E-state index >= 15 is 0 Å². The molecule has 0 spiro atoms. The average Bonchev–Trinajstić information content (AvgIpc) is 3.07. The molecule has 0 saturated heterocycles. The highest BCUT2D eigenvalue weighted by molar-refractivity contribution is 6.06. The van der Waals surface area contributed by atoms with Gasteiger partial charge in [0, 0.05) is 13.3 Å².